The molecule has 0 radical (unpaired) electrons. The van der Waals surface area contributed by atoms with Crippen molar-refractivity contribution < 1.29 is 18.9 Å². The summed E-state index contributed by atoms with van der Waals surface area (Å²) in [6, 6.07) is 11.6. The zero-order valence-electron chi connectivity index (χ0n) is 23.5. The van der Waals surface area contributed by atoms with Crippen molar-refractivity contribution in [2.75, 3.05) is 19.6 Å². The van der Waals surface area contributed by atoms with Gasteiger partial charge in [0.05, 0.1) is 0 Å². The van der Waals surface area contributed by atoms with E-state index in [0.717, 1.165) is 37.7 Å². The molecule has 5 rings (SSSR count). The second kappa shape index (κ2) is 11.9. The first-order valence-corrected chi connectivity index (χ1v) is 14.7. The number of nitrogens with zero attached hydrogens (tertiary/aromatic N) is 3. The largest absolute Gasteiger partial charge is 0.355 e. The van der Waals surface area contributed by atoms with Crippen molar-refractivity contribution >= 4 is 17.7 Å². The van der Waals surface area contributed by atoms with Crippen LogP contribution in [0.3, 0.4) is 0 Å². The molecule has 3 amide bonds. The lowest BCUT2D eigenvalue weighted by Gasteiger charge is -2.51. The quantitative estimate of drug-likeness (QED) is 0.613. The standard InChI is InChI=1S/C31H42N4O4/c1-20(2)25-13-12-21(3)14-30(37)35-18-22-15-24(27(35)10-7-11-29(36)32-25)19-34(17-22)31(38)26-16-28(39-33-26)23-8-5-4-6-9-23/h4-6,8-9,16,20-22,24-25,27H,7,10-15,17-19H2,1-3H3,(H,32,36)/t21-,22+,24+,25+,27+/m1/s1. The van der Waals surface area contributed by atoms with Crippen LogP contribution in [0.15, 0.2) is 40.9 Å². The van der Waals surface area contributed by atoms with E-state index in [9.17, 15) is 14.4 Å². The smallest absolute Gasteiger partial charge is 0.276 e. The molecule has 0 saturated carbocycles. The third kappa shape index (κ3) is 6.36. The molecule has 0 unspecified atom stereocenters. The van der Waals surface area contributed by atoms with E-state index < -0.39 is 0 Å². The maximum absolute atomic E-state index is 13.6. The van der Waals surface area contributed by atoms with Crippen LogP contribution in [0.4, 0.5) is 0 Å². The van der Waals surface area contributed by atoms with Gasteiger partial charge in [0.25, 0.3) is 5.91 Å². The van der Waals surface area contributed by atoms with E-state index in [1.807, 2.05) is 35.2 Å². The van der Waals surface area contributed by atoms with Crippen LogP contribution in [0.1, 0.15) is 76.2 Å². The monoisotopic (exact) mass is 534 g/mol. The van der Waals surface area contributed by atoms with Gasteiger partial charge >= 0.3 is 0 Å². The number of likely N-dealkylation sites (tertiary alicyclic amines) is 1. The van der Waals surface area contributed by atoms with Gasteiger partial charge < -0.3 is 19.6 Å². The lowest BCUT2D eigenvalue weighted by atomic mass is 9.77. The minimum absolute atomic E-state index is 0.0446. The van der Waals surface area contributed by atoms with Gasteiger partial charge in [-0.05, 0) is 55.8 Å². The average Bonchev–Trinajstić information content (AvgIpc) is 3.42. The molecule has 3 aliphatic rings. The molecule has 3 aliphatic heterocycles. The molecule has 8 heteroatoms. The molecule has 3 fully saturated rings. The Morgan fingerprint density at radius 1 is 1.08 bits per heavy atom. The van der Waals surface area contributed by atoms with Gasteiger partial charge in [-0.1, -0.05) is 56.3 Å². The Kier molecular flexibility index (Phi) is 8.38. The fourth-order valence-electron chi connectivity index (χ4n) is 6.75. The number of piperidine rings is 2. The van der Waals surface area contributed by atoms with Gasteiger partial charge in [0.1, 0.15) is 0 Å². The van der Waals surface area contributed by atoms with Gasteiger partial charge in [-0.3, -0.25) is 14.4 Å². The van der Waals surface area contributed by atoms with Gasteiger partial charge in [0.2, 0.25) is 11.8 Å². The number of carbonyl (C=O) groups excluding carboxylic acids is 3. The minimum atomic E-state index is -0.118. The highest BCUT2D eigenvalue weighted by Crippen LogP contribution is 2.37. The Bertz CT molecular complexity index is 1160. The average molecular weight is 535 g/mol. The third-order valence-corrected chi connectivity index (χ3v) is 8.91. The van der Waals surface area contributed by atoms with E-state index in [2.05, 4.69) is 36.1 Å². The van der Waals surface area contributed by atoms with Crippen molar-refractivity contribution in [2.24, 2.45) is 23.7 Å². The molecular weight excluding hydrogens is 492 g/mol. The molecular formula is C31H42N4O4. The number of carbonyl (C=O) groups is 3. The molecule has 2 bridgehead atoms. The van der Waals surface area contributed by atoms with Crippen LogP contribution in [0.2, 0.25) is 0 Å². The fraction of sp³-hybridized carbons (Fsp3) is 0.613. The molecule has 4 heterocycles. The topological polar surface area (TPSA) is 95.8 Å². The molecule has 3 saturated heterocycles. The Labute approximate surface area is 231 Å². The molecule has 2 aromatic rings. The SMILES string of the molecule is CC(C)[C@@H]1CC[C@@H](C)CC(=O)N2C[C@H]3C[C@@H](CN(C(=O)c4cc(-c5ccccc5)on4)C3)[C@@H]2CCCC(=O)N1. The van der Waals surface area contributed by atoms with Gasteiger partial charge in [0.15, 0.2) is 11.5 Å². The predicted octanol–water partition coefficient (Wildman–Crippen LogP) is 4.76. The molecule has 39 heavy (non-hydrogen) atoms. The summed E-state index contributed by atoms with van der Waals surface area (Å²) >= 11 is 0. The van der Waals surface area contributed by atoms with Gasteiger partial charge in [-0.15, -0.1) is 0 Å². The molecule has 0 spiro atoms. The molecule has 210 valence electrons. The maximum atomic E-state index is 13.6. The van der Waals surface area contributed by atoms with Crippen molar-refractivity contribution in [2.45, 2.75) is 77.8 Å². The van der Waals surface area contributed by atoms with E-state index in [-0.39, 0.29) is 47.6 Å². The Hall–Kier alpha value is -3.16. The summed E-state index contributed by atoms with van der Waals surface area (Å²) in [5, 5.41) is 7.34. The highest BCUT2D eigenvalue weighted by Gasteiger charge is 2.44. The number of benzene rings is 1. The zero-order valence-corrected chi connectivity index (χ0v) is 23.5. The van der Waals surface area contributed by atoms with Crippen molar-refractivity contribution in [1.29, 1.82) is 0 Å². The first-order valence-electron chi connectivity index (χ1n) is 14.7. The van der Waals surface area contributed by atoms with Crippen LogP contribution in [-0.4, -0.2) is 64.4 Å². The van der Waals surface area contributed by atoms with Crippen LogP contribution in [0.25, 0.3) is 11.3 Å². The number of hydrogen-bond acceptors (Lipinski definition) is 5. The first-order chi connectivity index (χ1) is 18.8. The van der Waals surface area contributed by atoms with E-state index in [0.29, 0.717) is 49.8 Å². The molecule has 1 N–H and O–H groups in total. The second-order valence-corrected chi connectivity index (χ2v) is 12.3. The second-order valence-electron chi connectivity index (χ2n) is 12.3. The summed E-state index contributed by atoms with van der Waals surface area (Å²) in [6.45, 7) is 8.33. The third-order valence-electron chi connectivity index (χ3n) is 8.91. The minimum Gasteiger partial charge on any atom is -0.355 e. The molecule has 5 atom stereocenters. The Balaban J connectivity index is 1.30. The number of amides is 3. The van der Waals surface area contributed by atoms with Crippen molar-refractivity contribution in [3.8, 4) is 11.3 Å². The first kappa shape index (κ1) is 27.4. The predicted molar refractivity (Wildman–Crippen MR) is 149 cm³/mol. The lowest BCUT2D eigenvalue weighted by molar-refractivity contribution is -0.141. The summed E-state index contributed by atoms with van der Waals surface area (Å²) < 4.78 is 5.50. The molecule has 1 aromatic carbocycles. The molecule has 8 nitrogen and oxygen atoms in total. The number of fused-ring (bicyclic) bond motifs is 4. The summed E-state index contributed by atoms with van der Waals surface area (Å²) in [6.07, 6.45) is 5.35. The number of aromatic nitrogens is 1. The highest BCUT2D eigenvalue weighted by atomic mass is 16.5. The highest BCUT2D eigenvalue weighted by molar-refractivity contribution is 5.93. The summed E-state index contributed by atoms with van der Waals surface area (Å²) in [7, 11) is 0. The normalized spacial score (nSPS) is 28.7. The van der Waals surface area contributed by atoms with Gasteiger partial charge in [-0.25, -0.2) is 0 Å². The number of hydrogen-bond donors (Lipinski definition) is 1. The Morgan fingerprint density at radius 2 is 1.87 bits per heavy atom. The van der Waals surface area contributed by atoms with Crippen LogP contribution in [0.5, 0.6) is 0 Å². The van der Waals surface area contributed by atoms with E-state index >= 15 is 0 Å². The van der Waals surface area contributed by atoms with Crippen molar-refractivity contribution in [3.63, 3.8) is 0 Å². The van der Waals surface area contributed by atoms with Crippen LogP contribution in [0, 0.1) is 23.7 Å². The van der Waals surface area contributed by atoms with Crippen LogP contribution < -0.4 is 5.32 Å². The molecule has 1 aromatic heterocycles. The van der Waals surface area contributed by atoms with Crippen molar-refractivity contribution in [1.82, 2.24) is 20.3 Å². The van der Waals surface area contributed by atoms with E-state index in [1.54, 1.807) is 6.07 Å². The maximum Gasteiger partial charge on any atom is 0.276 e. The lowest BCUT2D eigenvalue weighted by Crippen LogP contribution is -2.60. The zero-order chi connectivity index (χ0) is 27.5. The summed E-state index contributed by atoms with van der Waals surface area (Å²) in [5.74, 6) is 1.86. The van der Waals surface area contributed by atoms with Crippen LogP contribution >= 0.6 is 0 Å². The van der Waals surface area contributed by atoms with Crippen LogP contribution in [-0.2, 0) is 9.59 Å². The van der Waals surface area contributed by atoms with Gasteiger partial charge in [0, 0.05) is 56.2 Å². The van der Waals surface area contributed by atoms with Crippen molar-refractivity contribution in [3.05, 3.63) is 42.1 Å². The van der Waals surface area contributed by atoms with Gasteiger partial charge in [-0.2, -0.15) is 0 Å². The van der Waals surface area contributed by atoms with E-state index in [4.69, 9.17) is 4.52 Å². The van der Waals surface area contributed by atoms with E-state index in [1.165, 1.54) is 0 Å². The number of rotatable bonds is 3. The Morgan fingerprint density at radius 3 is 2.64 bits per heavy atom. The molecule has 0 aliphatic carbocycles. The fourth-order valence-corrected chi connectivity index (χ4v) is 6.75. The summed E-state index contributed by atoms with van der Waals surface area (Å²) in [4.78, 5) is 43.8. The number of nitrogens with one attached hydrogen (secondary N) is 1. The summed E-state index contributed by atoms with van der Waals surface area (Å²) in [5.41, 5.74) is 1.21.